The molecule has 0 saturated heterocycles. The number of halogens is 1. The van der Waals surface area contributed by atoms with Gasteiger partial charge in [0, 0.05) is 24.1 Å². The van der Waals surface area contributed by atoms with Crippen LogP contribution in [0.3, 0.4) is 0 Å². The van der Waals surface area contributed by atoms with E-state index in [1.54, 1.807) is 0 Å². The van der Waals surface area contributed by atoms with E-state index < -0.39 is 0 Å². The van der Waals surface area contributed by atoms with Crippen molar-refractivity contribution in [2.24, 2.45) is 11.7 Å². The normalized spacial score (nSPS) is 20.1. The SMILES string of the molecule is COC(=O)CCc1ccc(NC(=O)C2CCC(N)C2)cc1.Cl. The van der Waals surface area contributed by atoms with Crippen LogP contribution >= 0.6 is 12.4 Å². The molecule has 1 aromatic rings. The highest BCUT2D eigenvalue weighted by molar-refractivity contribution is 5.92. The quantitative estimate of drug-likeness (QED) is 0.813. The fourth-order valence-electron chi connectivity index (χ4n) is 2.60. The van der Waals surface area contributed by atoms with Crippen molar-refractivity contribution in [3.05, 3.63) is 29.8 Å². The predicted octanol–water partition coefficient (Wildman–Crippen LogP) is 2.28. The van der Waals surface area contributed by atoms with Crippen molar-refractivity contribution in [2.75, 3.05) is 12.4 Å². The van der Waals surface area contributed by atoms with Gasteiger partial charge in [-0.3, -0.25) is 9.59 Å². The number of carbonyl (C=O) groups is 2. The van der Waals surface area contributed by atoms with Crippen LogP contribution in [-0.2, 0) is 20.7 Å². The molecule has 122 valence electrons. The third-order valence-electron chi connectivity index (χ3n) is 3.91. The van der Waals surface area contributed by atoms with Crippen molar-refractivity contribution in [2.45, 2.75) is 38.1 Å². The molecule has 0 radical (unpaired) electrons. The molecule has 1 aromatic carbocycles. The van der Waals surface area contributed by atoms with E-state index in [0.29, 0.717) is 12.8 Å². The van der Waals surface area contributed by atoms with E-state index in [1.807, 2.05) is 24.3 Å². The van der Waals surface area contributed by atoms with Gasteiger partial charge in [-0.2, -0.15) is 0 Å². The fraction of sp³-hybridized carbons (Fsp3) is 0.500. The van der Waals surface area contributed by atoms with Gasteiger partial charge >= 0.3 is 5.97 Å². The lowest BCUT2D eigenvalue weighted by atomic mass is 10.1. The zero-order valence-electron chi connectivity index (χ0n) is 12.7. The number of amides is 1. The Hall–Kier alpha value is -1.59. The van der Waals surface area contributed by atoms with E-state index in [1.165, 1.54) is 7.11 Å². The van der Waals surface area contributed by atoms with Crippen molar-refractivity contribution in [1.82, 2.24) is 0 Å². The van der Waals surface area contributed by atoms with Gasteiger partial charge in [0.1, 0.15) is 0 Å². The molecule has 22 heavy (non-hydrogen) atoms. The minimum atomic E-state index is -0.218. The van der Waals surface area contributed by atoms with Crippen LogP contribution in [0.25, 0.3) is 0 Å². The highest BCUT2D eigenvalue weighted by atomic mass is 35.5. The lowest BCUT2D eigenvalue weighted by molar-refractivity contribution is -0.140. The molecule has 1 aliphatic rings. The summed E-state index contributed by atoms with van der Waals surface area (Å²) in [5.41, 5.74) is 7.65. The molecular weight excluding hydrogens is 304 g/mol. The highest BCUT2D eigenvalue weighted by Crippen LogP contribution is 2.25. The number of carbonyl (C=O) groups excluding carboxylic acids is 2. The Morgan fingerprint density at radius 1 is 1.27 bits per heavy atom. The molecule has 0 spiro atoms. The number of benzene rings is 1. The minimum absolute atomic E-state index is 0. The summed E-state index contributed by atoms with van der Waals surface area (Å²) >= 11 is 0. The maximum atomic E-state index is 12.1. The molecule has 2 unspecified atom stereocenters. The highest BCUT2D eigenvalue weighted by Gasteiger charge is 2.27. The number of aryl methyl sites for hydroxylation is 1. The van der Waals surface area contributed by atoms with E-state index >= 15 is 0 Å². The molecule has 1 fully saturated rings. The van der Waals surface area contributed by atoms with E-state index in [2.05, 4.69) is 10.1 Å². The summed E-state index contributed by atoms with van der Waals surface area (Å²) in [5, 5.41) is 2.92. The second kappa shape index (κ2) is 8.76. The molecule has 5 nitrogen and oxygen atoms in total. The van der Waals surface area contributed by atoms with Crippen LogP contribution in [0, 0.1) is 5.92 Å². The van der Waals surface area contributed by atoms with Crippen LogP contribution in [0.1, 0.15) is 31.2 Å². The molecule has 3 N–H and O–H groups in total. The Morgan fingerprint density at radius 3 is 2.50 bits per heavy atom. The molecule has 0 heterocycles. The number of hydrogen-bond donors (Lipinski definition) is 2. The molecule has 6 heteroatoms. The van der Waals surface area contributed by atoms with E-state index in [-0.39, 0.29) is 36.2 Å². The lowest BCUT2D eigenvalue weighted by Crippen LogP contribution is -2.23. The van der Waals surface area contributed by atoms with Crippen LogP contribution in [-0.4, -0.2) is 25.0 Å². The number of anilines is 1. The second-order valence-corrected chi connectivity index (χ2v) is 5.53. The Balaban J connectivity index is 0.00000242. The third kappa shape index (κ3) is 5.31. The van der Waals surface area contributed by atoms with Crippen LogP contribution in [0.5, 0.6) is 0 Å². The summed E-state index contributed by atoms with van der Waals surface area (Å²) in [7, 11) is 1.38. The Bertz CT molecular complexity index is 505. The second-order valence-electron chi connectivity index (χ2n) is 5.53. The van der Waals surface area contributed by atoms with Crippen molar-refractivity contribution in [3.8, 4) is 0 Å². The average molecular weight is 327 g/mol. The standard InChI is InChI=1S/C16H22N2O3.ClH/c1-21-15(19)9-4-11-2-7-14(8-3-11)18-16(20)12-5-6-13(17)10-12;/h2-3,7-8,12-13H,4-6,9-10,17H2,1H3,(H,18,20);1H. The third-order valence-corrected chi connectivity index (χ3v) is 3.91. The fourth-order valence-corrected chi connectivity index (χ4v) is 2.60. The molecule has 0 bridgehead atoms. The van der Waals surface area contributed by atoms with Crippen LogP contribution in [0.2, 0.25) is 0 Å². The van der Waals surface area contributed by atoms with Crippen LogP contribution in [0.4, 0.5) is 5.69 Å². The zero-order chi connectivity index (χ0) is 15.2. The summed E-state index contributed by atoms with van der Waals surface area (Å²) in [6.07, 6.45) is 3.55. The summed E-state index contributed by atoms with van der Waals surface area (Å²) in [6.45, 7) is 0. The monoisotopic (exact) mass is 326 g/mol. The van der Waals surface area contributed by atoms with Gasteiger partial charge < -0.3 is 15.8 Å². The molecular formula is C16H23ClN2O3. The molecule has 1 aliphatic carbocycles. The number of methoxy groups -OCH3 is 1. The number of esters is 1. The van der Waals surface area contributed by atoms with Crippen LogP contribution < -0.4 is 11.1 Å². The topological polar surface area (TPSA) is 81.4 Å². The van der Waals surface area contributed by atoms with E-state index in [9.17, 15) is 9.59 Å². The van der Waals surface area contributed by atoms with Crippen molar-refractivity contribution in [3.63, 3.8) is 0 Å². The van der Waals surface area contributed by atoms with Gasteiger partial charge in [-0.15, -0.1) is 12.4 Å². The first-order chi connectivity index (χ1) is 10.1. The van der Waals surface area contributed by atoms with Gasteiger partial charge in [-0.1, -0.05) is 12.1 Å². The Labute approximate surface area is 137 Å². The maximum Gasteiger partial charge on any atom is 0.305 e. The molecule has 2 atom stereocenters. The minimum Gasteiger partial charge on any atom is -0.469 e. The number of hydrogen-bond acceptors (Lipinski definition) is 4. The van der Waals surface area contributed by atoms with Crippen molar-refractivity contribution >= 4 is 30.0 Å². The van der Waals surface area contributed by atoms with Gasteiger partial charge in [0.2, 0.25) is 5.91 Å². The van der Waals surface area contributed by atoms with E-state index in [0.717, 1.165) is 30.5 Å². The average Bonchev–Trinajstić information content (AvgIpc) is 2.93. The number of nitrogens with one attached hydrogen (secondary N) is 1. The summed E-state index contributed by atoms with van der Waals surface area (Å²) < 4.78 is 4.61. The summed E-state index contributed by atoms with van der Waals surface area (Å²) in [5.74, 6) is -0.144. The van der Waals surface area contributed by atoms with Gasteiger partial charge in [0.25, 0.3) is 0 Å². The van der Waals surface area contributed by atoms with Gasteiger partial charge in [0.05, 0.1) is 7.11 Å². The van der Waals surface area contributed by atoms with Crippen molar-refractivity contribution in [1.29, 1.82) is 0 Å². The van der Waals surface area contributed by atoms with Crippen LogP contribution in [0.15, 0.2) is 24.3 Å². The number of rotatable bonds is 5. The van der Waals surface area contributed by atoms with Gasteiger partial charge in [0.15, 0.2) is 0 Å². The Morgan fingerprint density at radius 2 is 1.95 bits per heavy atom. The maximum absolute atomic E-state index is 12.1. The lowest BCUT2D eigenvalue weighted by Gasteiger charge is -2.11. The Kier molecular flexibility index (Phi) is 7.35. The zero-order valence-corrected chi connectivity index (χ0v) is 13.5. The summed E-state index contributed by atoms with van der Waals surface area (Å²) in [6, 6.07) is 7.71. The first-order valence-corrected chi connectivity index (χ1v) is 7.30. The molecule has 0 aromatic heterocycles. The molecule has 2 rings (SSSR count). The largest absolute Gasteiger partial charge is 0.469 e. The molecule has 1 amide bonds. The summed E-state index contributed by atoms with van der Waals surface area (Å²) in [4.78, 5) is 23.2. The first-order valence-electron chi connectivity index (χ1n) is 7.30. The van der Waals surface area contributed by atoms with Gasteiger partial charge in [-0.05, 0) is 43.4 Å². The van der Waals surface area contributed by atoms with E-state index in [4.69, 9.17) is 5.73 Å². The molecule has 1 saturated carbocycles. The predicted molar refractivity (Wildman–Crippen MR) is 88.0 cm³/mol. The van der Waals surface area contributed by atoms with Gasteiger partial charge in [-0.25, -0.2) is 0 Å². The number of nitrogens with two attached hydrogens (primary N) is 1. The molecule has 0 aliphatic heterocycles. The smallest absolute Gasteiger partial charge is 0.305 e. The first kappa shape index (κ1) is 18.5. The number of ether oxygens (including phenoxy) is 1. The van der Waals surface area contributed by atoms with Crippen molar-refractivity contribution < 1.29 is 14.3 Å².